The molecule has 0 fully saturated rings. The lowest BCUT2D eigenvalue weighted by Crippen LogP contribution is -2.22. The molecule has 0 aliphatic carbocycles. The zero-order valence-electron chi connectivity index (χ0n) is 7.35. The fourth-order valence-corrected chi connectivity index (χ4v) is 0.698. The van der Waals surface area contributed by atoms with E-state index in [4.69, 9.17) is 0 Å². The predicted molar refractivity (Wildman–Crippen MR) is 44.4 cm³/mol. The van der Waals surface area contributed by atoms with Crippen LogP contribution in [0, 0.1) is 5.21 Å². The van der Waals surface area contributed by atoms with Gasteiger partial charge in [0.05, 0.1) is 0 Å². The van der Waals surface area contributed by atoms with Gasteiger partial charge in [-0.05, 0) is 6.92 Å². The number of nitrogens with zero attached hydrogens (tertiary/aromatic N) is 1. The molecule has 0 aromatic carbocycles. The van der Waals surface area contributed by atoms with Gasteiger partial charge in [-0.3, -0.25) is 0 Å². The zero-order chi connectivity index (χ0) is 8.15. The van der Waals surface area contributed by atoms with Gasteiger partial charge >= 0.3 is 0 Å². The molecule has 0 N–H and O–H groups in total. The number of hydroxylamine groups is 1. The van der Waals surface area contributed by atoms with Crippen molar-refractivity contribution in [1.82, 2.24) is 0 Å². The van der Waals surface area contributed by atoms with Crippen molar-refractivity contribution < 1.29 is 4.74 Å². The Hall–Kier alpha value is -0.530. The molecule has 0 rings (SSSR count). The third-order valence-electron chi connectivity index (χ3n) is 1.88. The highest BCUT2D eigenvalue weighted by atomic mass is 16.5. The molecule has 0 aliphatic rings. The highest BCUT2D eigenvalue weighted by Gasteiger charge is 2.07. The second kappa shape index (κ2) is 4.31. The van der Waals surface area contributed by atoms with Crippen molar-refractivity contribution in [3.8, 4) is 0 Å². The van der Waals surface area contributed by atoms with Gasteiger partial charge in [-0.25, -0.2) is 4.74 Å². The number of hydrogen-bond acceptors (Lipinski definition) is 1. The zero-order valence-corrected chi connectivity index (χ0v) is 7.35. The summed E-state index contributed by atoms with van der Waals surface area (Å²) in [4.78, 5) is 0. The van der Waals surface area contributed by atoms with Crippen LogP contribution in [0.15, 0.2) is 0 Å². The molecule has 1 unspecified atom stereocenters. The van der Waals surface area contributed by atoms with Gasteiger partial charge in [-0.2, -0.15) is 0 Å². The van der Waals surface area contributed by atoms with Gasteiger partial charge in [0.15, 0.2) is 11.8 Å². The molecule has 0 amide bonds. The lowest BCUT2D eigenvalue weighted by atomic mass is 10.2. The molecule has 0 saturated heterocycles. The lowest BCUT2D eigenvalue weighted by molar-refractivity contribution is -0.498. The lowest BCUT2D eigenvalue weighted by Gasteiger charge is -2.12. The van der Waals surface area contributed by atoms with Crippen LogP contribution in [0.5, 0.6) is 0 Å². The average Bonchev–Trinajstić information content (AvgIpc) is 2.00. The van der Waals surface area contributed by atoms with Crippen LogP contribution in [0.4, 0.5) is 0 Å². The summed E-state index contributed by atoms with van der Waals surface area (Å²) < 4.78 is 1.11. The average molecular weight is 143 g/mol. The molecule has 2 nitrogen and oxygen atoms in total. The SMILES string of the molecule is CCC(C)=[N+]([O-])C(C)CC. The molecule has 0 aromatic rings. The van der Waals surface area contributed by atoms with Crippen LogP contribution in [0.25, 0.3) is 0 Å². The maximum Gasteiger partial charge on any atom is 0.160 e. The Labute approximate surface area is 63.1 Å². The van der Waals surface area contributed by atoms with Crippen LogP contribution in [-0.4, -0.2) is 16.5 Å². The number of rotatable bonds is 3. The fourth-order valence-electron chi connectivity index (χ4n) is 0.698. The molecule has 60 valence electrons. The van der Waals surface area contributed by atoms with Gasteiger partial charge in [0.1, 0.15) is 0 Å². The molecular weight excluding hydrogens is 126 g/mol. The highest BCUT2D eigenvalue weighted by Crippen LogP contribution is 1.96. The van der Waals surface area contributed by atoms with Crippen molar-refractivity contribution in [1.29, 1.82) is 0 Å². The molecule has 0 bridgehead atoms. The summed E-state index contributed by atoms with van der Waals surface area (Å²) in [5, 5.41) is 11.2. The maximum absolute atomic E-state index is 11.2. The molecule has 0 saturated carbocycles. The summed E-state index contributed by atoms with van der Waals surface area (Å²) in [6.45, 7) is 7.87. The minimum Gasteiger partial charge on any atom is -0.624 e. The van der Waals surface area contributed by atoms with Crippen LogP contribution in [0.3, 0.4) is 0 Å². The standard InChI is InChI=1S/C8H17NO/c1-5-7(3)9(10)8(4)6-2/h7H,5-6H2,1-4H3. The summed E-state index contributed by atoms with van der Waals surface area (Å²) in [5.41, 5.74) is 0.925. The Morgan fingerprint density at radius 2 is 2.00 bits per heavy atom. The van der Waals surface area contributed by atoms with E-state index in [2.05, 4.69) is 0 Å². The molecule has 0 spiro atoms. The van der Waals surface area contributed by atoms with E-state index in [1.807, 2.05) is 27.7 Å². The normalized spacial score (nSPS) is 16.4. The quantitative estimate of drug-likeness (QED) is 0.257. The van der Waals surface area contributed by atoms with Gasteiger partial charge in [-0.1, -0.05) is 13.8 Å². The number of hydrogen-bond donors (Lipinski definition) is 0. The van der Waals surface area contributed by atoms with Crippen LogP contribution in [-0.2, 0) is 0 Å². The first-order chi connectivity index (χ1) is 4.63. The van der Waals surface area contributed by atoms with Gasteiger partial charge < -0.3 is 5.21 Å². The summed E-state index contributed by atoms with van der Waals surface area (Å²) in [6, 6.07) is 0.139. The van der Waals surface area contributed by atoms with Crippen molar-refractivity contribution in [2.75, 3.05) is 0 Å². The molecule has 2 heteroatoms. The molecule has 0 aromatic heterocycles. The van der Waals surface area contributed by atoms with Crippen LogP contribution in [0.1, 0.15) is 40.5 Å². The topological polar surface area (TPSA) is 26.1 Å². The van der Waals surface area contributed by atoms with E-state index in [0.29, 0.717) is 0 Å². The Morgan fingerprint density at radius 1 is 1.50 bits per heavy atom. The van der Waals surface area contributed by atoms with Crippen molar-refractivity contribution in [3.05, 3.63) is 5.21 Å². The third-order valence-corrected chi connectivity index (χ3v) is 1.88. The minimum atomic E-state index is 0.139. The first kappa shape index (κ1) is 9.47. The van der Waals surface area contributed by atoms with Crippen molar-refractivity contribution in [2.24, 2.45) is 0 Å². The smallest absolute Gasteiger partial charge is 0.160 e. The van der Waals surface area contributed by atoms with Crippen LogP contribution in [0.2, 0.25) is 0 Å². The molecule has 10 heavy (non-hydrogen) atoms. The largest absolute Gasteiger partial charge is 0.624 e. The Bertz CT molecular complexity index is 129. The molecule has 1 atom stereocenters. The summed E-state index contributed by atoms with van der Waals surface area (Å²) in [7, 11) is 0. The van der Waals surface area contributed by atoms with E-state index in [-0.39, 0.29) is 6.04 Å². The minimum absolute atomic E-state index is 0.139. The van der Waals surface area contributed by atoms with Crippen LogP contribution < -0.4 is 0 Å². The van der Waals surface area contributed by atoms with Gasteiger partial charge in [0.25, 0.3) is 0 Å². The predicted octanol–water partition coefficient (Wildman–Crippen LogP) is 2.17. The fraction of sp³-hybridized carbons (Fsp3) is 0.875. The van der Waals surface area contributed by atoms with E-state index >= 15 is 0 Å². The first-order valence-corrected chi connectivity index (χ1v) is 3.92. The second-order valence-electron chi connectivity index (χ2n) is 2.67. The Kier molecular flexibility index (Phi) is 4.08. The Balaban J connectivity index is 4.15. The molecule has 0 heterocycles. The molecular formula is C8H17NO. The van der Waals surface area contributed by atoms with E-state index in [1.165, 1.54) is 0 Å². The maximum atomic E-state index is 11.2. The molecule has 0 radical (unpaired) electrons. The van der Waals surface area contributed by atoms with E-state index in [1.54, 1.807) is 0 Å². The van der Waals surface area contributed by atoms with Crippen molar-refractivity contribution >= 4 is 5.71 Å². The summed E-state index contributed by atoms with van der Waals surface area (Å²) >= 11 is 0. The van der Waals surface area contributed by atoms with Gasteiger partial charge in [-0.15, -0.1) is 0 Å². The summed E-state index contributed by atoms with van der Waals surface area (Å²) in [6.07, 6.45) is 1.77. The second-order valence-corrected chi connectivity index (χ2v) is 2.67. The van der Waals surface area contributed by atoms with Crippen molar-refractivity contribution in [2.45, 2.75) is 46.6 Å². The van der Waals surface area contributed by atoms with Crippen molar-refractivity contribution in [3.63, 3.8) is 0 Å². The third kappa shape index (κ3) is 2.38. The van der Waals surface area contributed by atoms with Crippen LogP contribution >= 0.6 is 0 Å². The van der Waals surface area contributed by atoms with Gasteiger partial charge in [0, 0.05) is 19.8 Å². The molecule has 0 aliphatic heterocycles. The van der Waals surface area contributed by atoms with E-state index in [0.717, 1.165) is 23.3 Å². The van der Waals surface area contributed by atoms with E-state index < -0.39 is 0 Å². The Morgan fingerprint density at radius 3 is 2.30 bits per heavy atom. The first-order valence-electron chi connectivity index (χ1n) is 3.92. The highest BCUT2D eigenvalue weighted by molar-refractivity contribution is 5.76. The van der Waals surface area contributed by atoms with E-state index in [9.17, 15) is 5.21 Å². The summed E-state index contributed by atoms with van der Waals surface area (Å²) in [5.74, 6) is 0. The van der Waals surface area contributed by atoms with Gasteiger partial charge in [0.2, 0.25) is 0 Å². The monoisotopic (exact) mass is 143 g/mol.